The summed E-state index contributed by atoms with van der Waals surface area (Å²) in [6, 6.07) is 6.11. The molecule has 1 aromatic heterocycles. The molecular formula is C16H21NO2. The van der Waals surface area contributed by atoms with Gasteiger partial charge in [0.2, 0.25) is 0 Å². The van der Waals surface area contributed by atoms with Crippen molar-refractivity contribution in [2.75, 3.05) is 0 Å². The van der Waals surface area contributed by atoms with E-state index in [-0.39, 0.29) is 0 Å². The number of aryl methyl sites for hydroxylation is 1. The molecule has 0 bridgehead atoms. The van der Waals surface area contributed by atoms with E-state index in [0.29, 0.717) is 5.92 Å². The molecule has 3 nitrogen and oxygen atoms in total. The van der Waals surface area contributed by atoms with E-state index in [2.05, 4.69) is 24.9 Å². The average molecular weight is 259 g/mol. The van der Waals surface area contributed by atoms with Gasteiger partial charge in [0.15, 0.2) is 0 Å². The van der Waals surface area contributed by atoms with Crippen LogP contribution >= 0.6 is 0 Å². The van der Waals surface area contributed by atoms with Crippen molar-refractivity contribution in [3.05, 3.63) is 35.0 Å². The number of hydrogen-bond donors (Lipinski definition) is 2. The van der Waals surface area contributed by atoms with E-state index < -0.39 is 11.4 Å². The number of carboxylic acid groups (broad SMARTS) is 1. The Hall–Kier alpha value is -1.77. The van der Waals surface area contributed by atoms with Gasteiger partial charge in [0.05, 0.1) is 5.41 Å². The summed E-state index contributed by atoms with van der Waals surface area (Å²) in [5.41, 5.74) is 3.23. The summed E-state index contributed by atoms with van der Waals surface area (Å²) < 4.78 is 0. The Labute approximate surface area is 113 Å². The molecule has 3 heteroatoms. The van der Waals surface area contributed by atoms with Crippen molar-refractivity contribution in [1.29, 1.82) is 0 Å². The Kier molecular flexibility index (Phi) is 3.17. The van der Waals surface area contributed by atoms with Gasteiger partial charge in [-0.15, -0.1) is 0 Å². The third-order valence-corrected chi connectivity index (χ3v) is 3.84. The van der Waals surface area contributed by atoms with E-state index in [0.717, 1.165) is 22.2 Å². The number of nitrogens with one attached hydrogen (secondary N) is 1. The number of carboxylic acids is 1. The van der Waals surface area contributed by atoms with E-state index in [1.165, 1.54) is 5.56 Å². The maximum atomic E-state index is 11.5. The van der Waals surface area contributed by atoms with Gasteiger partial charge in [0.25, 0.3) is 0 Å². The first kappa shape index (κ1) is 13.7. The van der Waals surface area contributed by atoms with Crippen LogP contribution in [0.4, 0.5) is 0 Å². The number of H-pyrrole nitrogens is 1. The lowest BCUT2D eigenvalue weighted by atomic mass is 9.82. The molecule has 1 aromatic carbocycles. The Morgan fingerprint density at radius 2 is 1.95 bits per heavy atom. The molecule has 0 radical (unpaired) electrons. The van der Waals surface area contributed by atoms with Crippen LogP contribution < -0.4 is 0 Å². The molecule has 0 amide bonds. The Morgan fingerprint density at radius 1 is 1.32 bits per heavy atom. The smallest absolute Gasteiger partial charge is 0.313 e. The molecule has 0 atom stereocenters. The fourth-order valence-corrected chi connectivity index (χ4v) is 2.76. The summed E-state index contributed by atoms with van der Waals surface area (Å²) in [5.74, 6) is -0.394. The number of aromatic nitrogens is 1. The van der Waals surface area contributed by atoms with Gasteiger partial charge < -0.3 is 10.1 Å². The maximum Gasteiger partial charge on any atom is 0.313 e. The minimum absolute atomic E-state index is 0.405. The molecule has 19 heavy (non-hydrogen) atoms. The summed E-state index contributed by atoms with van der Waals surface area (Å²) in [6.07, 6.45) is 0. The van der Waals surface area contributed by atoms with Crippen LogP contribution in [0.15, 0.2) is 18.2 Å². The first-order valence-electron chi connectivity index (χ1n) is 6.62. The molecule has 0 aliphatic carbocycles. The number of benzene rings is 1. The standard InChI is InChI=1S/C16H21NO2/c1-9(2)11-7-6-8-12-13(10(3)17-14(11)12)16(4,5)15(18)19/h6-9,17H,1-5H3,(H,18,19). The Balaban J connectivity index is 2.81. The number of fused-ring (bicyclic) bond motifs is 1. The molecule has 0 spiro atoms. The number of aliphatic carboxylic acids is 1. The normalized spacial score (nSPS) is 12.3. The van der Waals surface area contributed by atoms with Crippen LogP contribution in [0.3, 0.4) is 0 Å². The molecule has 0 unspecified atom stereocenters. The highest BCUT2D eigenvalue weighted by atomic mass is 16.4. The van der Waals surface area contributed by atoms with Gasteiger partial charge in [0, 0.05) is 16.6 Å². The molecule has 1 heterocycles. The van der Waals surface area contributed by atoms with E-state index in [9.17, 15) is 9.90 Å². The number of rotatable bonds is 3. The zero-order valence-electron chi connectivity index (χ0n) is 12.2. The molecule has 0 saturated carbocycles. The third kappa shape index (κ3) is 2.03. The molecule has 0 fully saturated rings. The number of carbonyl (C=O) groups is 1. The van der Waals surface area contributed by atoms with Crippen molar-refractivity contribution < 1.29 is 9.90 Å². The Bertz CT molecular complexity index is 635. The van der Waals surface area contributed by atoms with Crippen molar-refractivity contribution in [3.63, 3.8) is 0 Å². The zero-order chi connectivity index (χ0) is 14.4. The van der Waals surface area contributed by atoms with E-state index in [4.69, 9.17) is 0 Å². The number of para-hydroxylation sites is 1. The van der Waals surface area contributed by atoms with Gasteiger partial charge >= 0.3 is 5.97 Å². The lowest BCUT2D eigenvalue weighted by Crippen LogP contribution is -2.29. The van der Waals surface area contributed by atoms with E-state index in [1.54, 1.807) is 13.8 Å². The predicted molar refractivity (Wildman–Crippen MR) is 77.8 cm³/mol. The largest absolute Gasteiger partial charge is 0.481 e. The first-order chi connectivity index (χ1) is 8.76. The minimum atomic E-state index is -0.891. The van der Waals surface area contributed by atoms with Crippen LogP contribution in [-0.2, 0) is 10.2 Å². The van der Waals surface area contributed by atoms with Crippen LogP contribution in [0, 0.1) is 6.92 Å². The molecule has 0 saturated heterocycles. The van der Waals surface area contributed by atoms with Crippen LogP contribution in [0.2, 0.25) is 0 Å². The van der Waals surface area contributed by atoms with Crippen LogP contribution in [-0.4, -0.2) is 16.1 Å². The average Bonchev–Trinajstić information content (AvgIpc) is 2.64. The van der Waals surface area contributed by atoms with Gasteiger partial charge in [0.1, 0.15) is 0 Å². The molecule has 102 valence electrons. The summed E-state index contributed by atoms with van der Waals surface area (Å²) in [7, 11) is 0. The van der Waals surface area contributed by atoms with Gasteiger partial charge in [-0.25, -0.2) is 0 Å². The fraction of sp³-hybridized carbons (Fsp3) is 0.438. The monoisotopic (exact) mass is 259 g/mol. The predicted octanol–water partition coefficient (Wildman–Crippen LogP) is 3.96. The van der Waals surface area contributed by atoms with Crippen LogP contribution in [0.1, 0.15) is 50.4 Å². The third-order valence-electron chi connectivity index (χ3n) is 3.84. The van der Waals surface area contributed by atoms with Crippen molar-refractivity contribution in [2.45, 2.75) is 46.0 Å². The van der Waals surface area contributed by atoms with Gasteiger partial charge in [-0.2, -0.15) is 0 Å². The van der Waals surface area contributed by atoms with Crippen LogP contribution in [0.5, 0.6) is 0 Å². The Morgan fingerprint density at radius 3 is 2.47 bits per heavy atom. The highest BCUT2D eigenvalue weighted by molar-refractivity contribution is 5.94. The minimum Gasteiger partial charge on any atom is -0.481 e. The SMILES string of the molecule is Cc1[nH]c2c(C(C)C)cccc2c1C(C)(C)C(=O)O. The van der Waals surface area contributed by atoms with Gasteiger partial charge in [-0.3, -0.25) is 4.79 Å². The molecular weight excluding hydrogens is 238 g/mol. The zero-order valence-corrected chi connectivity index (χ0v) is 12.2. The van der Waals surface area contributed by atoms with E-state index >= 15 is 0 Å². The lowest BCUT2D eigenvalue weighted by Gasteiger charge is -2.20. The fourth-order valence-electron chi connectivity index (χ4n) is 2.76. The highest BCUT2D eigenvalue weighted by Gasteiger charge is 2.34. The molecule has 2 N–H and O–H groups in total. The highest BCUT2D eigenvalue weighted by Crippen LogP contribution is 2.36. The summed E-state index contributed by atoms with van der Waals surface area (Å²) in [5, 5.41) is 10.5. The molecule has 0 aliphatic heterocycles. The quantitative estimate of drug-likeness (QED) is 0.876. The molecule has 0 aliphatic rings. The second-order valence-corrected chi connectivity index (χ2v) is 5.98. The van der Waals surface area contributed by atoms with Crippen molar-refractivity contribution in [3.8, 4) is 0 Å². The maximum absolute atomic E-state index is 11.5. The van der Waals surface area contributed by atoms with Crippen LogP contribution in [0.25, 0.3) is 10.9 Å². The topological polar surface area (TPSA) is 53.1 Å². The second kappa shape index (κ2) is 4.41. The molecule has 2 aromatic rings. The van der Waals surface area contributed by atoms with Crippen molar-refractivity contribution >= 4 is 16.9 Å². The molecule has 2 rings (SSSR count). The summed E-state index contributed by atoms with van der Waals surface area (Å²) in [4.78, 5) is 14.9. The number of hydrogen-bond acceptors (Lipinski definition) is 1. The van der Waals surface area contributed by atoms with Crippen molar-refractivity contribution in [1.82, 2.24) is 4.98 Å². The second-order valence-electron chi connectivity index (χ2n) is 5.98. The van der Waals surface area contributed by atoms with E-state index in [1.807, 2.05) is 19.1 Å². The number of aromatic amines is 1. The van der Waals surface area contributed by atoms with Crippen molar-refractivity contribution in [2.24, 2.45) is 0 Å². The van der Waals surface area contributed by atoms with Gasteiger partial charge in [-0.05, 0) is 37.8 Å². The van der Waals surface area contributed by atoms with Gasteiger partial charge in [-0.1, -0.05) is 32.0 Å². The summed E-state index contributed by atoms with van der Waals surface area (Å²) >= 11 is 0. The lowest BCUT2D eigenvalue weighted by molar-refractivity contribution is -0.142. The first-order valence-corrected chi connectivity index (χ1v) is 6.62. The summed E-state index contributed by atoms with van der Waals surface area (Å²) in [6.45, 7) is 9.75.